The van der Waals surface area contributed by atoms with Crippen LogP contribution < -0.4 is 5.73 Å². The van der Waals surface area contributed by atoms with Gasteiger partial charge >= 0.3 is 0 Å². The minimum Gasteiger partial charge on any atom is -0.324 e. The fraction of sp³-hybridized carbons (Fsp3) is 0.667. The van der Waals surface area contributed by atoms with Gasteiger partial charge in [-0.15, -0.1) is 0 Å². The number of unbranched alkanes of at least 4 members (excludes halogenated alkanes) is 4. The molecule has 1 unspecified atom stereocenters. The van der Waals surface area contributed by atoms with E-state index in [1.165, 1.54) is 43.2 Å². The predicted octanol–water partition coefficient (Wildman–Crippen LogP) is 5.25. The third-order valence-corrected chi connectivity index (χ3v) is 3.67. The Labute approximate surface area is 119 Å². The Morgan fingerprint density at radius 1 is 0.947 bits per heavy atom. The first kappa shape index (κ1) is 16.2. The standard InChI is InChI=1S/C18H31N/c1-4-5-6-7-8-9-18(19)17-12-10-16(11-13-17)14-15(2)3/h10-13,15,18H,4-9,14,19H2,1-3H3. The summed E-state index contributed by atoms with van der Waals surface area (Å²) in [6, 6.07) is 9.14. The van der Waals surface area contributed by atoms with Crippen molar-refractivity contribution in [3.05, 3.63) is 35.4 Å². The average Bonchev–Trinajstić information content (AvgIpc) is 2.38. The van der Waals surface area contributed by atoms with Crippen molar-refractivity contribution >= 4 is 0 Å². The van der Waals surface area contributed by atoms with Crippen LogP contribution in [0, 0.1) is 5.92 Å². The first-order valence-electron chi connectivity index (χ1n) is 7.98. The molecule has 0 saturated carbocycles. The first-order valence-corrected chi connectivity index (χ1v) is 7.98. The van der Waals surface area contributed by atoms with Crippen LogP contribution >= 0.6 is 0 Å². The number of benzene rings is 1. The Morgan fingerprint density at radius 2 is 1.58 bits per heavy atom. The monoisotopic (exact) mass is 261 g/mol. The topological polar surface area (TPSA) is 26.0 Å². The second-order valence-electron chi connectivity index (χ2n) is 6.15. The normalized spacial score (nSPS) is 12.9. The Kier molecular flexibility index (Phi) is 7.81. The molecule has 0 fully saturated rings. The highest BCUT2D eigenvalue weighted by atomic mass is 14.6. The lowest BCUT2D eigenvalue weighted by Crippen LogP contribution is -2.10. The van der Waals surface area contributed by atoms with Crippen molar-refractivity contribution < 1.29 is 0 Å². The molecular weight excluding hydrogens is 230 g/mol. The molecular formula is C18H31N. The molecule has 1 rings (SSSR count). The number of hydrogen-bond acceptors (Lipinski definition) is 1. The molecule has 0 bridgehead atoms. The number of hydrogen-bond donors (Lipinski definition) is 1. The molecule has 1 atom stereocenters. The van der Waals surface area contributed by atoms with Gasteiger partial charge in [0.05, 0.1) is 0 Å². The van der Waals surface area contributed by atoms with E-state index >= 15 is 0 Å². The summed E-state index contributed by atoms with van der Waals surface area (Å²) in [5.74, 6) is 0.720. The molecule has 1 nitrogen and oxygen atoms in total. The lowest BCUT2D eigenvalue weighted by molar-refractivity contribution is 0.555. The fourth-order valence-electron chi connectivity index (χ4n) is 2.51. The van der Waals surface area contributed by atoms with Crippen LogP contribution in [-0.4, -0.2) is 0 Å². The molecule has 1 aromatic rings. The van der Waals surface area contributed by atoms with E-state index in [1.807, 2.05) is 0 Å². The summed E-state index contributed by atoms with van der Waals surface area (Å²) in [6.45, 7) is 6.77. The van der Waals surface area contributed by atoms with Crippen LogP contribution in [0.1, 0.15) is 76.5 Å². The number of rotatable bonds is 9. The average molecular weight is 261 g/mol. The summed E-state index contributed by atoms with van der Waals surface area (Å²) in [4.78, 5) is 0. The van der Waals surface area contributed by atoms with Gasteiger partial charge in [0.25, 0.3) is 0 Å². The molecule has 0 saturated heterocycles. The Bertz CT molecular complexity index is 326. The molecule has 0 radical (unpaired) electrons. The van der Waals surface area contributed by atoms with E-state index in [1.54, 1.807) is 0 Å². The van der Waals surface area contributed by atoms with Gasteiger partial charge < -0.3 is 5.73 Å². The van der Waals surface area contributed by atoms with Crippen LogP contribution in [-0.2, 0) is 6.42 Å². The highest BCUT2D eigenvalue weighted by Gasteiger charge is 2.06. The van der Waals surface area contributed by atoms with E-state index < -0.39 is 0 Å². The van der Waals surface area contributed by atoms with Crippen molar-refractivity contribution in [2.75, 3.05) is 0 Å². The third kappa shape index (κ3) is 6.77. The molecule has 0 aliphatic rings. The van der Waals surface area contributed by atoms with Gasteiger partial charge in [-0.05, 0) is 29.9 Å². The quantitative estimate of drug-likeness (QED) is 0.604. The summed E-state index contributed by atoms with van der Waals surface area (Å²) in [7, 11) is 0. The maximum atomic E-state index is 6.26. The maximum absolute atomic E-state index is 6.26. The molecule has 0 amide bonds. The third-order valence-electron chi connectivity index (χ3n) is 3.67. The fourth-order valence-corrected chi connectivity index (χ4v) is 2.51. The highest BCUT2D eigenvalue weighted by molar-refractivity contribution is 5.25. The Balaban J connectivity index is 2.33. The highest BCUT2D eigenvalue weighted by Crippen LogP contribution is 2.19. The van der Waals surface area contributed by atoms with Gasteiger partial charge in [-0.25, -0.2) is 0 Å². The molecule has 2 N–H and O–H groups in total. The molecule has 1 aromatic carbocycles. The van der Waals surface area contributed by atoms with Crippen LogP contribution in [0.25, 0.3) is 0 Å². The van der Waals surface area contributed by atoms with Gasteiger partial charge in [0.1, 0.15) is 0 Å². The molecule has 0 aliphatic carbocycles. The van der Waals surface area contributed by atoms with Crippen LogP contribution in [0.2, 0.25) is 0 Å². The van der Waals surface area contributed by atoms with Crippen molar-refractivity contribution in [2.24, 2.45) is 11.7 Å². The molecule has 0 aromatic heterocycles. The van der Waals surface area contributed by atoms with Gasteiger partial charge in [0.2, 0.25) is 0 Å². The smallest absolute Gasteiger partial charge is 0.0294 e. The minimum absolute atomic E-state index is 0.217. The van der Waals surface area contributed by atoms with Crippen LogP contribution in [0.5, 0.6) is 0 Å². The molecule has 1 heteroatoms. The summed E-state index contributed by atoms with van der Waals surface area (Å²) < 4.78 is 0. The van der Waals surface area contributed by atoms with Gasteiger partial charge in [0, 0.05) is 6.04 Å². The van der Waals surface area contributed by atoms with E-state index in [4.69, 9.17) is 5.73 Å². The lowest BCUT2D eigenvalue weighted by atomic mass is 9.97. The molecule has 0 heterocycles. The van der Waals surface area contributed by atoms with Gasteiger partial charge in [-0.2, -0.15) is 0 Å². The van der Waals surface area contributed by atoms with Crippen molar-refractivity contribution in [3.8, 4) is 0 Å². The zero-order chi connectivity index (χ0) is 14.1. The summed E-state index contributed by atoms with van der Waals surface area (Å²) in [6.07, 6.45) is 8.89. The van der Waals surface area contributed by atoms with Crippen LogP contribution in [0.15, 0.2) is 24.3 Å². The van der Waals surface area contributed by atoms with Crippen molar-refractivity contribution in [1.82, 2.24) is 0 Å². The summed E-state index contributed by atoms with van der Waals surface area (Å²) >= 11 is 0. The second kappa shape index (κ2) is 9.14. The molecule has 19 heavy (non-hydrogen) atoms. The summed E-state index contributed by atoms with van der Waals surface area (Å²) in [5.41, 5.74) is 8.98. The van der Waals surface area contributed by atoms with Crippen LogP contribution in [0.4, 0.5) is 0 Å². The largest absolute Gasteiger partial charge is 0.324 e. The van der Waals surface area contributed by atoms with E-state index in [-0.39, 0.29) is 6.04 Å². The van der Waals surface area contributed by atoms with E-state index in [0.717, 1.165) is 18.8 Å². The van der Waals surface area contributed by atoms with Crippen molar-refractivity contribution in [3.63, 3.8) is 0 Å². The zero-order valence-corrected chi connectivity index (χ0v) is 13.0. The number of nitrogens with two attached hydrogens (primary N) is 1. The van der Waals surface area contributed by atoms with E-state index in [2.05, 4.69) is 45.0 Å². The summed E-state index contributed by atoms with van der Waals surface area (Å²) in [5, 5.41) is 0. The Morgan fingerprint density at radius 3 is 2.16 bits per heavy atom. The van der Waals surface area contributed by atoms with Gasteiger partial charge in [-0.3, -0.25) is 0 Å². The van der Waals surface area contributed by atoms with Crippen molar-refractivity contribution in [1.29, 1.82) is 0 Å². The minimum atomic E-state index is 0.217. The predicted molar refractivity (Wildman–Crippen MR) is 85.3 cm³/mol. The Hall–Kier alpha value is -0.820. The van der Waals surface area contributed by atoms with Gasteiger partial charge in [-0.1, -0.05) is 77.1 Å². The lowest BCUT2D eigenvalue weighted by Gasteiger charge is -2.13. The van der Waals surface area contributed by atoms with E-state index in [0.29, 0.717) is 0 Å². The first-order chi connectivity index (χ1) is 9.13. The second-order valence-corrected chi connectivity index (χ2v) is 6.15. The van der Waals surface area contributed by atoms with Crippen molar-refractivity contribution in [2.45, 2.75) is 71.8 Å². The molecule has 0 aliphatic heterocycles. The van der Waals surface area contributed by atoms with Crippen LogP contribution in [0.3, 0.4) is 0 Å². The molecule has 0 spiro atoms. The molecule has 108 valence electrons. The SMILES string of the molecule is CCCCCCCC(N)c1ccc(CC(C)C)cc1. The maximum Gasteiger partial charge on any atom is 0.0294 e. The zero-order valence-electron chi connectivity index (χ0n) is 13.0. The van der Waals surface area contributed by atoms with Gasteiger partial charge in [0.15, 0.2) is 0 Å². The van der Waals surface area contributed by atoms with E-state index in [9.17, 15) is 0 Å².